The summed E-state index contributed by atoms with van der Waals surface area (Å²) in [5, 5.41) is 5.73. The van der Waals surface area contributed by atoms with E-state index in [1.54, 1.807) is 0 Å². The first kappa shape index (κ1) is 20.7. The fourth-order valence-electron chi connectivity index (χ4n) is 3.47. The van der Waals surface area contributed by atoms with Gasteiger partial charge in [0.05, 0.1) is 0 Å². The monoisotopic (exact) mass is 395 g/mol. The Kier molecular flexibility index (Phi) is 7.11. The molecule has 1 aliphatic rings. The molecule has 2 aromatic carbocycles. The van der Waals surface area contributed by atoms with Crippen molar-refractivity contribution in [3.63, 3.8) is 0 Å². The molecule has 3 rings (SSSR count). The zero-order valence-corrected chi connectivity index (χ0v) is 17.1. The Balaban J connectivity index is 1.43. The molecule has 0 saturated carbocycles. The minimum atomic E-state index is -0.287. The van der Waals surface area contributed by atoms with Crippen LogP contribution in [-0.2, 0) is 9.59 Å². The van der Waals surface area contributed by atoms with Crippen LogP contribution in [0.5, 0.6) is 5.75 Å². The van der Waals surface area contributed by atoms with Gasteiger partial charge in [0.15, 0.2) is 6.61 Å². The predicted molar refractivity (Wildman–Crippen MR) is 115 cm³/mol. The molecule has 2 aromatic rings. The van der Waals surface area contributed by atoms with E-state index in [0.717, 1.165) is 30.0 Å². The normalized spacial score (nSPS) is 14.3. The van der Waals surface area contributed by atoms with Gasteiger partial charge in [-0.25, -0.2) is 0 Å². The van der Waals surface area contributed by atoms with Crippen molar-refractivity contribution >= 4 is 23.2 Å². The largest absolute Gasteiger partial charge is 0.484 e. The van der Waals surface area contributed by atoms with Crippen LogP contribution in [0.25, 0.3) is 0 Å². The summed E-state index contributed by atoms with van der Waals surface area (Å²) in [6, 6.07) is 15.2. The van der Waals surface area contributed by atoms with E-state index in [4.69, 9.17) is 4.74 Å². The predicted octanol–water partition coefficient (Wildman–Crippen LogP) is 3.51. The number of nitrogens with zero attached hydrogens (tertiary/aromatic N) is 1. The summed E-state index contributed by atoms with van der Waals surface area (Å²) in [5.41, 5.74) is 2.98. The lowest BCUT2D eigenvalue weighted by Crippen LogP contribution is -2.38. The number of aryl methyl sites for hydroxylation is 1. The van der Waals surface area contributed by atoms with Crippen molar-refractivity contribution in [1.29, 1.82) is 0 Å². The SMILES string of the molecule is Cc1cccc(OCC(=O)NC(C)CC(=O)Nc2cccc(N3CCCC3)c2)c1. The van der Waals surface area contributed by atoms with Gasteiger partial charge in [0.1, 0.15) is 5.75 Å². The van der Waals surface area contributed by atoms with Gasteiger partial charge in [-0.3, -0.25) is 9.59 Å². The Hall–Kier alpha value is -3.02. The highest BCUT2D eigenvalue weighted by Gasteiger charge is 2.15. The van der Waals surface area contributed by atoms with Gasteiger partial charge in [-0.15, -0.1) is 0 Å². The maximum absolute atomic E-state index is 12.3. The molecule has 0 spiro atoms. The van der Waals surface area contributed by atoms with Crippen molar-refractivity contribution in [2.75, 3.05) is 29.9 Å². The molecule has 1 fully saturated rings. The summed E-state index contributed by atoms with van der Waals surface area (Å²) in [6.45, 7) is 5.82. The third-order valence-corrected chi connectivity index (χ3v) is 4.86. The number of rotatable bonds is 8. The molecule has 1 atom stereocenters. The number of anilines is 2. The molecular formula is C23H29N3O3. The molecule has 2 amide bonds. The second-order valence-electron chi connectivity index (χ2n) is 7.57. The zero-order chi connectivity index (χ0) is 20.6. The number of hydrogen-bond acceptors (Lipinski definition) is 4. The molecule has 2 N–H and O–H groups in total. The average Bonchev–Trinajstić information content (AvgIpc) is 3.21. The van der Waals surface area contributed by atoms with Crippen molar-refractivity contribution < 1.29 is 14.3 Å². The second kappa shape index (κ2) is 9.96. The number of nitrogens with one attached hydrogen (secondary N) is 2. The first-order valence-corrected chi connectivity index (χ1v) is 10.1. The Morgan fingerprint density at radius 1 is 1.07 bits per heavy atom. The molecule has 0 aromatic heterocycles. The van der Waals surface area contributed by atoms with Gasteiger partial charge in [-0.1, -0.05) is 18.2 Å². The number of benzene rings is 2. The fourth-order valence-corrected chi connectivity index (χ4v) is 3.47. The molecule has 29 heavy (non-hydrogen) atoms. The van der Waals surface area contributed by atoms with E-state index in [1.807, 2.05) is 56.3 Å². The average molecular weight is 396 g/mol. The smallest absolute Gasteiger partial charge is 0.258 e. The molecule has 1 aliphatic heterocycles. The molecule has 1 heterocycles. The first-order valence-electron chi connectivity index (χ1n) is 10.1. The van der Waals surface area contributed by atoms with E-state index in [-0.39, 0.29) is 30.9 Å². The van der Waals surface area contributed by atoms with Crippen LogP contribution in [-0.4, -0.2) is 37.6 Å². The van der Waals surface area contributed by atoms with E-state index < -0.39 is 0 Å². The molecule has 0 radical (unpaired) electrons. The molecule has 1 unspecified atom stereocenters. The van der Waals surface area contributed by atoms with Crippen LogP contribution < -0.4 is 20.3 Å². The van der Waals surface area contributed by atoms with Crippen LogP contribution >= 0.6 is 0 Å². The van der Waals surface area contributed by atoms with Crippen molar-refractivity contribution in [2.45, 2.75) is 39.2 Å². The first-order chi connectivity index (χ1) is 14.0. The van der Waals surface area contributed by atoms with Gasteiger partial charge in [0, 0.05) is 36.9 Å². The second-order valence-corrected chi connectivity index (χ2v) is 7.57. The van der Waals surface area contributed by atoms with Crippen LogP contribution in [0.4, 0.5) is 11.4 Å². The summed E-state index contributed by atoms with van der Waals surface area (Å²) in [6.07, 6.45) is 2.62. The summed E-state index contributed by atoms with van der Waals surface area (Å²) >= 11 is 0. The lowest BCUT2D eigenvalue weighted by molar-refractivity contribution is -0.124. The maximum atomic E-state index is 12.3. The number of amides is 2. The summed E-state index contributed by atoms with van der Waals surface area (Å²) in [7, 11) is 0. The lowest BCUT2D eigenvalue weighted by atomic mass is 10.2. The number of hydrogen-bond donors (Lipinski definition) is 2. The van der Waals surface area contributed by atoms with Crippen molar-refractivity contribution in [3.05, 3.63) is 54.1 Å². The van der Waals surface area contributed by atoms with Crippen LogP contribution in [0.3, 0.4) is 0 Å². The van der Waals surface area contributed by atoms with Gasteiger partial charge < -0.3 is 20.3 Å². The van der Waals surface area contributed by atoms with Gasteiger partial charge in [0.25, 0.3) is 5.91 Å². The summed E-state index contributed by atoms with van der Waals surface area (Å²) < 4.78 is 5.49. The number of ether oxygens (including phenoxy) is 1. The molecule has 6 heteroatoms. The number of carbonyl (C=O) groups is 2. The highest BCUT2D eigenvalue weighted by Crippen LogP contribution is 2.23. The third kappa shape index (κ3) is 6.52. The molecular weight excluding hydrogens is 366 g/mol. The van der Waals surface area contributed by atoms with Gasteiger partial charge >= 0.3 is 0 Å². The third-order valence-electron chi connectivity index (χ3n) is 4.86. The van der Waals surface area contributed by atoms with E-state index in [9.17, 15) is 9.59 Å². The van der Waals surface area contributed by atoms with Gasteiger partial charge in [-0.2, -0.15) is 0 Å². The Bertz CT molecular complexity index is 847. The van der Waals surface area contributed by atoms with E-state index >= 15 is 0 Å². The van der Waals surface area contributed by atoms with Crippen molar-refractivity contribution in [3.8, 4) is 5.75 Å². The Labute approximate surface area is 172 Å². The van der Waals surface area contributed by atoms with Crippen molar-refractivity contribution in [1.82, 2.24) is 5.32 Å². The minimum absolute atomic E-state index is 0.0761. The summed E-state index contributed by atoms with van der Waals surface area (Å²) in [5.74, 6) is 0.280. The molecule has 0 aliphatic carbocycles. The molecule has 0 bridgehead atoms. The lowest BCUT2D eigenvalue weighted by Gasteiger charge is -2.19. The Morgan fingerprint density at radius 3 is 2.59 bits per heavy atom. The highest BCUT2D eigenvalue weighted by molar-refractivity contribution is 5.92. The van der Waals surface area contributed by atoms with Crippen molar-refractivity contribution in [2.24, 2.45) is 0 Å². The van der Waals surface area contributed by atoms with E-state index in [1.165, 1.54) is 12.8 Å². The topological polar surface area (TPSA) is 70.7 Å². The van der Waals surface area contributed by atoms with Gasteiger partial charge in [-0.05, 0) is 62.6 Å². The minimum Gasteiger partial charge on any atom is -0.484 e. The van der Waals surface area contributed by atoms with E-state index in [2.05, 4.69) is 21.6 Å². The summed E-state index contributed by atoms with van der Waals surface area (Å²) in [4.78, 5) is 26.7. The van der Waals surface area contributed by atoms with Gasteiger partial charge in [0.2, 0.25) is 5.91 Å². The quantitative estimate of drug-likeness (QED) is 0.718. The fraction of sp³-hybridized carbons (Fsp3) is 0.391. The van der Waals surface area contributed by atoms with Crippen LogP contribution in [0, 0.1) is 6.92 Å². The van der Waals surface area contributed by atoms with Crippen LogP contribution in [0.2, 0.25) is 0 Å². The molecule has 154 valence electrons. The molecule has 6 nitrogen and oxygen atoms in total. The maximum Gasteiger partial charge on any atom is 0.258 e. The van der Waals surface area contributed by atoms with Crippen LogP contribution in [0.1, 0.15) is 31.7 Å². The van der Waals surface area contributed by atoms with Crippen LogP contribution in [0.15, 0.2) is 48.5 Å². The standard InChI is InChI=1S/C23H29N3O3/c1-17-7-5-10-21(13-17)29-16-23(28)24-18(2)14-22(27)25-19-8-6-9-20(15-19)26-11-3-4-12-26/h5-10,13,15,18H,3-4,11-12,14,16H2,1-2H3,(H,24,28)(H,25,27). The number of carbonyl (C=O) groups excluding carboxylic acids is 2. The molecule has 1 saturated heterocycles. The van der Waals surface area contributed by atoms with E-state index in [0.29, 0.717) is 5.75 Å². The Morgan fingerprint density at radius 2 is 1.83 bits per heavy atom. The highest BCUT2D eigenvalue weighted by atomic mass is 16.5. The zero-order valence-electron chi connectivity index (χ0n) is 17.1.